The van der Waals surface area contributed by atoms with Crippen LogP contribution in [0.5, 0.6) is 5.75 Å². The van der Waals surface area contributed by atoms with Gasteiger partial charge in [-0.25, -0.2) is 0 Å². The number of para-hydroxylation sites is 1. The molecule has 3 nitrogen and oxygen atoms in total. The van der Waals surface area contributed by atoms with Crippen molar-refractivity contribution in [2.75, 3.05) is 20.2 Å². The predicted molar refractivity (Wildman–Crippen MR) is 82.2 cm³/mol. The Morgan fingerprint density at radius 3 is 2.95 bits per heavy atom. The fourth-order valence-electron chi connectivity index (χ4n) is 3.23. The fraction of sp³-hybridized carbons (Fsp3) is 0.647. The van der Waals surface area contributed by atoms with Crippen molar-refractivity contribution in [3.05, 3.63) is 29.8 Å². The monoisotopic (exact) mass is 277 g/mol. The Morgan fingerprint density at radius 2 is 2.20 bits per heavy atom. The number of rotatable bonds is 7. The number of aliphatic hydroxyl groups excluding tert-OH is 1. The van der Waals surface area contributed by atoms with E-state index in [2.05, 4.69) is 17.0 Å². The summed E-state index contributed by atoms with van der Waals surface area (Å²) in [6.07, 6.45) is 5.44. The highest BCUT2D eigenvalue weighted by molar-refractivity contribution is 5.33. The molecule has 1 saturated heterocycles. The molecular formula is C17H27NO2. The molecule has 2 atom stereocenters. The van der Waals surface area contributed by atoms with E-state index in [1.807, 2.05) is 19.1 Å². The smallest absolute Gasteiger partial charge is 0.122 e. The SMILES string of the molecule is COc1ccccc1CCCN1CCCC1CC(C)O. The quantitative estimate of drug-likeness (QED) is 0.832. The second kappa shape index (κ2) is 7.65. The zero-order valence-corrected chi connectivity index (χ0v) is 12.7. The van der Waals surface area contributed by atoms with Crippen LogP contribution in [0.3, 0.4) is 0 Å². The molecule has 3 heteroatoms. The first-order valence-corrected chi connectivity index (χ1v) is 7.74. The first kappa shape index (κ1) is 15.3. The molecular weight excluding hydrogens is 250 g/mol. The van der Waals surface area contributed by atoms with Crippen molar-refractivity contribution in [2.45, 2.75) is 51.2 Å². The van der Waals surface area contributed by atoms with Gasteiger partial charge >= 0.3 is 0 Å². The minimum absolute atomic E-state index is 0.185. The molecule has 1 fully saturated rings. The molecule has 0 amide bonds. The van der Waals surface area contributed by atoms with Gasteiger partial charge in [0.1, 0.15) is 5.75 Å². The normalized spacial score (nSPS) is 21.1. The molecule has 0 spiro atoms. The summed E-state index contributed by atoms with van der Waals surface area (Å²) in [6, 6.07) is 8.84. The van der Waals surface area contributed by atoms with Gasteiger partial charge in [0.2, 0.25) is 0 Å². The maximum atomic E-state index is 9.56. The molecule has 1 aromatic rings. The van der Waals surface area contributed by atoms with Crippen molar-refractivity contribution < 1.29 is 9.84 Å². The highest BCUT2D eigenvalue weighted by Crippen LogP contribution is 2.23. The van der Waals surface area contributed by atoms with Crippen molar-refractivity contribution in [1.29, 1.82) is 0 Å². The third-order valence-corrected chi connectivity index (χ3v) is 4.20. The van der Waals surface area contributed by atoms with Crippen LogP contribution in [0.4, 0.5) is 0 Å². The van der Waals surface area contributed by atoms with Gasteiger partial charge in [0.25, 0.3) is 0 Å². The van der Waals surface area contributed by atoms with Crippen molar-refractivity contribution in [3.63, 3.8) is 0 Å². The molecule has 0 saturated carbocycles. The molecule has 1 aromatic carbocycles. The van der Waals surface area contributed by atoms with Gasteiger partial charge in [0.05, 0.1) is 13.2 Å². The lowest BCUT2D eigenvalue weighted by Gasteiger charge is -2.25. The van der Waals surface area contributed by atoms with E-state index in [0.717, 1.165) is 31.6 Å². The molecule has 1 aliphatic rings. The summed E-state index contributed by atoms with van der Waals surface area (Å²) < 4.78 is 5.39. The van der Waals surface area contributed by atoms with Crippen LogP contribution in [0.15, 0.2) is 24.3 Å². The Kier molecular flexibility index (Phi) is 5.86. The largest absolute Gasteiger partial charge is 0.496 e. The van der Waals surface area contributed by atoms with Gasteiger partial charge in [-0.15, -0.1) is 0 Å². The topological polar surface area (TPSA) is 32.7 Å². The number of aliphatic hydroxyl groups is 1. The number of likely N-dealkylation sites (tertiary alicyclic amines) is 1. The maximum Gasteiger partial charge on any atom is 0.122 e. The third kappa shape index (κ3) is 4.22. The number of benzene rings is 1. The summed E-state index contributed by atoms with van der Waals surface area (Å²) in [6.45, 7) is 4.20. The van der Waals surface area contributed by atoms with Crippen molar-refractivity contribution >= 4 is 0 Å². The van der Waals surface area contributed by atoms with Crippen LogP contribution >= 0.6 is 0 Å². The zero-order chi connectivity index (χ0) is 14.4. The van der Waals surface area contributed by atoms with Crippen LogP contribution in [0.2, 0.25) is 0 Å². The summed E-state index contributed by atoms with van der Waals surface area (Å²) in [4.78, 5) is 2.54. The Hall–Kier alpha value is -1.06. The van der Waals surface area contributed by atoms with Crippen LogP contribution in [0.25, 0.3) is 0 Å². The first-order chi connectivity index (χ1) is 9.70. The van der Waals surface area contributed by atoms with E-state index in [4.69, 9.17) is 4.74 Å². The lowest BCUT2D eigenvalue weighted by molar-refractivity contribution is 0.133. The number of methoxy groups -OCH3 is 1. The summed E-state index contributed by atoms with van der Waals surface area (Å²) >= 11 is 0. The average molecular weight is 277 g/mol. The predicted octanol–water partition coefficient (Wildman–Crippen LogP) is 2.86. The van der Waals surface area contributed by atoms with Gasteiger partial charge in [-0.1, -0.05) is 18.2 Å². The summed E-state index contributed by atoms with van der Waals surface area (Å²) in [5.41, 5.74) is 1.29. The van der Waals surface area contributed by atoms with Gasteiger partial charge in [-0.2, -0.15) is 0 Å². The van der Waals surface area contributed by atoms with Crippen molar-refractivity contribution in [3.8, 4) is 5.75 Å². The van der Waals surface area contributed by atoms with E-state index in [1.54, 1.807) is 7.11 Å². The highest BCUT2D eigenvalue weighted by atomic mass is 16.5. The number of nitrogens with zero attached hydrogens (tertiary/aromatic N) is 1. The fourth-order valence-corrected chi connectivity index (χ4v) is 3.23. The summed E-state index contributed by atoms with van der Waals surface area (Å²) in [5.74, 6) is 0.995. The van der Waals surface area contributed by atoms with Gasteiger partial charge in [-0.3, -0.25) is 0 Å². The lowest BCUT2D eigenvalue weighted by Crippen LogP contribution is -2.32. The molecule has 1 heterocycles. The maximum absolute atomic E-state index is 9.56. The van der Waals surface area contributed by atoms with Crippen LogP contribution in [-0.2, 0) is 6.42 Å². The van der Waals surface area contributed by atoms with Crippen LogP contribution < -0.4 is 4.74 Å². The van der Waals surface area contributed by atoms with Gasteiger partial charge < -0.3 is 14.7 Å². The first-order valence-electron chi connectivity index (χ1n) is 7.74. The Balaban J connectivity index is 1.80. The molecule has 2 rings (SSSR count). The minimum Gasteiger partial charge on any atom is -0.496 e. The summed E-state index contributed by atoms with van der Waals surface area (Å²) in [7, 11) is 1.73. The Morgan fingerprint density at radius 1 is 1.40 bits per heavy atom. The van der Waals surface area contributed by atoms with Crippen LogP contribution in [0, 0.1) is 0 Å². The Bertz CT molecular complexity index is 406. The molecule has 0 radical (unpaired) electrons. The zero-order valence-electron chi connectivity index (χ0n) is 12.7. The average Bonchev–Trinajstić information content (AvgIpc) is 2.86. The standard InChI is InChI=1S/C17H27NO2/c1-14(19)13-16-9-6-12-18(16)11-5-8-15-7-3-4-10-17(15)20-2/h3-4,7,10,14,16,19H,5-6,8-9,11-13H2,1-2H3. The minimum atomic E-state index is -0.185. The van der Waals surface area contributed by atoms with Crippen LogP contribution in [-0.4, -0.2) is 42.4 Å². The molecule has 112 valence electrons. The van der Waals surface area contributed by atoms with E-state index in [-0.39, 0.29) is 6.10 Å². The molecule has 0 aliphatic carbocycles. The number of hydrogen-bond acceptors (Lipinski definition) is 3. The molecule has 20 heavy (non-hydrogen) atoms. The summed E-state index contributed by atoms with van der Waals surface area (Å²) in [5, 5.41) is 9.56. The second-order valence-electron chi connectivity index (χ2n) is 5.83. The number of hydrogen-bond donors (Lipinski definition) is 1. The van der Waals surface area contributed by atoms with E-state index in [1.165, 1.54) is 24.9 Å². The van der Waals surface area contributed by atoms with Crippen molar-refractivity contribution in [1.82, 2.24) is 4.90 Å². The number of aryl methyl sites for hydroxylation is 1. The molecule has 2 unspecified atom stereocenters. The Labute approximate surface area is 122 Å². The van der Waals surface area contributed by atoms with E-state index < -0.39 is 0 Å². The highest BCUT2D eigenvalue weighted by Gasteiger charge is 2.24. The van der Waals surface area contributed by atoms with E-state index in [9.17, 15) is 5.11 Å². The molecule has 1 aliphatic heterocycles. The van der Waals surface area contributed by atoms with Crippen molar-refractivity contribution in [2.24, 2.45) is 0 Å². The lowest BCUT2D eigenvalue weighted by atomic mass is 10.1. The second-order valence-corrected chi connectivity index (χ2v) is 5.83. The van der Waals surface area contributed by atoms with Crippen LogP contribution in [0.1, 0.15) is 38.2 Å². The van der Waals surface area contributed by atoms with E-state index in [0.29, 0.717) is 6.04 Å². The molecule has 1 N–H and O–H groups in total. The van der Waals surface area contributed by atoms with Gasteiger partial charge in [0, 0.05) is 6.04 Å². The molecule has 0 bridgehead atoms. The number of ether oxygens (including phenoxy) is 1. The molecule has 0 aromatic heterocycles. The van der Waals surface area contributed by atoms with Gasteiger partial charge in [0.15, 0.2) is 0 Å². The third-order valence-electron chi connectivity index (χ3n) is 4.20. The van der Waals surface area contributed by atoms with E-state index >= 15 is 0 Å². The van der Waals surface area contributed by atoms with Gasteiger partial charge in [-0.05, 0) is 63.7 Å².